The molecule has 0 amide bonds. The van der Waals surface area contributed by atoms with Crippen molar-refractivity contribution in [1.29, 1.82) is 0 Å². The molecule has 1 aliphatic rings. The second-order valence-corrected chi connectivity index (χ2v) is 2.93. The van der Waals surface area contributed by atoms with E-state index in [1.165, 1.54) is 0 Å². The number of hydrogen-bond acceptors (Lipinski definition) is 0. The molecule has 1 aliphatic carbocycles. The Hall–Kier alpha value is -1.11. The predicted octanol–water partition coefficient (Wildman–Crippen LogP) is 3.97. The molecule has 0 bridgehead atoms. The fourth-order valence-corrected chi connectivity index (χ4v) is 1.48. The van der Waals surface area contributed by atoms with Crippen LogP contribution in [0.2, 0.25) is 0 Å². The van der Waals surface area contributed by atoms with E-state index >= 15 is 0 Å². The van der Waals surface area contributed by atoms with Gasteiger partial charge in [-0.25, -0.2) is 4.39 Å². The van der Waals surface area contributed by atoms with Gasteiger partial charge in [0.25, 0.3) is 0 Å². The molecule has 1 heteroatoms. The third-order valence-corrected chi connectivity index (χ3v) is 2.08. The summed E-state index contributed by atoms with van der Waals surface area (Å²) >= 11 is 0. The van der Waals surface area contributed by atoms with Gasteiger partial charge < -0.3 is 0 Å². The second-order valence-electron chi connectivity index (χ2n) is 2.93. The van der Waals surface area contributed by atoms with Crippen LogP contribution < -0.4 is 0 Å². The SMILES string of the molecule is CC.CC1=C(F)c2ccccc2C1. The highest BCUT2D eigenvalue weighted by molar-refractivity contribution is 5.70. The molecule has 0 saturated carbocycles. The number of hydrogen-bond donors (Lipinski definition) is 0. The van der Waals surface area contributed by atoms with Gasteiger partial charge in [0.15, 0.2) is 0 Å². The van der Waals surface area contributed by atoms with E-state index < -0.39 is 0 Å². The Morgan fingerprint density at radius 1 is 1.15 bits per heavy atom. The van der Waals surface area contributed by atoms with Crippen molar-refractivity contribution in [3.8, 4) is 0 Å². The van der Waals surface area contributed by atoms with Crippen LogP contribution in [0.5, 0.6) is 0 Å². The molecule has 0 aliphatic heterocycles. The molecule has 0 unspecified atom stereocenters. The van der Waals surface area contributed by atoms with Crippen molar-refractivity contribution in [3.05, 3.63) is 41.0 Å². The van der Waals surface area contributed by atoms with E-state index in [2.05, 4.69) is 0 Å². The Labute approximate surface area is 79.1 Å². The fourth-order valence-electron chi connectivity index (χ4n) is 1.48. The predicted molar refractivity (Wildman–Crippen MR) is 55.2 cm³/mol. The van der Waals surface area contributed by atoms with Gasteiger partial charge in [-0.15, -0.1) is 0 Å². The van der Waals surface area contributed by atoms with Crippen LogP contribution in [0.1, 0.15) is 31.9 Å². The average Bonchev–Trinajstić information content (AvgIpc) is 2.47. The van der Waals surface area contributed by atoms with Gasteiger partial charge in [0.1, 0.15) is 5.83 Å². The van der Waals surface area contributed by atoms with Crippen LogP contribution in [0.15, 0.2) is 29.8 Å². The number of halogens is 1. The van der Waals surface area contributed by atoms with Gasteiger partial charge in [0, 0.05) is 5.56 Å². The summed E-state index contributed by atoms with van der Waals surface area (Å²) in [7, 11) is 0. The smallest absolute Gasteiger partial charge is 0.129 e. The largest absolute Gasteiger partial charge is 0.206 e. The lowest BCUT2D eigenvalue weighted by atomic mass is 10.1. The third-order valence-electron chi connectivity index (χ3n) is 2.08. The first kappa shape index (κ1) is 9.97. The zero-order chi connectivity index (χ0) is 9.84. The highest BCUT2D eigenvalue weighted by Gasteiger charge is 2.16. The average molecular weight is 178 g/mol. The van der Waals surface area contributed by atoms with Crippen molar-refractivity contribution in [3.63, 3.8) is 0 Å². The molecule has 0 spiro atoms. The number of rotatable bonds is 0. The van der Waals surface area contributed by atoms with Crippen molar-refractivity contribution in [2.75, 3.05) is 0 Å². The van der Waals surface area contributed by atoms with Crippen molar-refractivity contribution in [2.24, 2.45) is 0 Å². The normalized spacial score (nSPS) is 13.5. The lowest BCUT2D eigenvalue weighted by Crippen LogP contribution is -1.79. The topological polar surface area (TPSA) is 0 Å². The third kappa shape index (κ3) is 1.80. The zero-order valence-electron chi connectivity index (χ0n) is 8.39. The van der Waals surface area contributed by atoms with Crippen molar-refractivity contribution in [2.45, 2.75) is 27.2 Å². The molecule has 0 heterocycles. The Kier molecular flexibility index (Phi) is 3.24. The van der Waals surface area contributed by atoms with Gasteiger partial charge in [-0.05, 0) is 24.5 Å². The minimum absolute atomic E-state index is 0.0272. The molecule has 0 N–H and O–H groups in total. The quantitative estimate of drug-likeness (QED) is 0.564. The van der Waals surface area contributed by atoms with Crippen LogP contribution in [0.25, 0.3) is 5.83 Å². The number of fused-ring (bicyclic) bond motifs is 1. The molecule has 0 saturated heterocycles. The molecule has 0 aromatic heterocycles. The Morgan fingerprint density at radius 2 is 1.77 bits per heavy atom. The summed E-state index contributed by atoms with van der Waals surface area (Å²) in [6.45, 7) is 5.84. The van der Waals surface area contributed by atoms with Crippen molar-refractivity contribution in [1.82, 2.24) is 0 Å². The fraction of sp³-hybridized carbons (Fsp3) is 0.333. The first-order valence-corrected chi connectivity index (χ1v) is 4.72. The highest BCUT2D eigenvalue weighted by Crippen LogP contribution is 2.32. The zero-order valence-corrected chi connectivity index (χ0v) is 8.39. The molecule has 0 nitrogen and oxygen atoms in total. The first-order valence-electron chi connectivity index (χ1n) is 4.72. The van der Waals surface area contributed by atoms with Gasteiger partial charge in [0.2, 0.25) is 0 Å². The Bertz CT molecular complexity index is 324. The van der Waals surface area contributed by atoms with Crippen LogP contribution in [0, 0.1) is 0 Å². The lowest BCUT2D eigenvalue weighted by molar-refractivity contribution is 0.755. The number of allylic oxidation sites excluding steroid dienone is 1. The highest BCUT2D eigenvalue weighted by atomic mass is 19.1. The van der Waals surface area contributed by atoms with E-state index in [0.717, 1.165) is 23.1 Å². The molecular formula is C12H15F. The standard InChI is InChI=1S/C10H9F.C2H6/c1-7-6-8-4-2-3-5-9(8)10(7)11;1-2/h2-5H,6H2,1H3;1-2H3. The Balaban J connectivity index is 0.000000396. The molecule has 0 fully saturated rings. The summed E-state index contributed by atoms with van der Waals surface area (Å²) in [5, 5.41) is 0. The number of benzene rings is 1. The summed E-state index contributed by atoms with van der Waals surface area (Å²) in [6, 6.07) is 7.63. The molecule has 2 rings (SSSR count). The Morgan fingerprint density at radius 3 is 2.38 bits per heavy atom. The maximum absolute atomic E-state index is 13.2. The summed E-state index contributed by atoms with van der Waals surface area (Å²) in [5.41, 5.74) is 2.75. The maximum Gasteiger partial charge on any atom is 0.129 e. The molecule has 0 radical (unpaired) electrons. The van der Waals surface area contributed by atoms with Crippen molar-refractivity contribution >= 4 is 5.83 Å². The van der Waals surface area contributed by atoms with Gasteiger partial charge in [0.05, 0.1) is 0 Å². The van der Waals surface area contributed by atoms with Gasteiger partial charge in [-0.1, -0.05) is 38.1 Å². The molecule has 13 heavy (non-hydrogen) atoms. The van der Waals surface area contributed by atoms with Crippen LogP contribution in [0.4, 0.5) is 4.39 Å². The van der Waals surface area contributed by atoms with E-state index in [0.29, 0.717) is 0 Å². The van der Waals surface area contributed by atoms with Gasteiger partial charge in [-0.3, -0.25) is 0 Å². The minimum Gasteiger partial charge on any atom is -0.206 e. The maximum atomic E-state index is 13.2. The summed E-state index contributed by atoms with van der Waals surface area (Å²) < 4.78 is 13.2. The molecule has 0 atom stereocenters. The van der Waals surface area contributed by atoms with E-state index in [1.807, 2.05) is 45.0 Å². The van der Waals surface area contributed by atoms with Crippen LogP contribution in [0.3, 0.4) is 0 Å². The lowest BCUT2D eigenvalue weighted by Gasteiger charge is -1.94. The summed E-state index contributed by atoms with van der Waals surface area (Å²) in [4.78, 5) is 0. The van der Waals surface area contributed by atoms with Crippen LogP contribution in [-0.2, 0) is 6.42 Å². The van der Waals surface area contributed by atoms with E-state index in [1.54, 1.807) is 0 Å². The van der Waals surface area contributed by atoms with Crippen molar-refractivity contribution < 1.29 is 4.39 Å². The molecule has 1 aromatic rings. The van der Waals surface area contributed by atoms with Gasteiger partial charge >= 0.3 is 0 Å². The molecule has 1 aromatic carbocycles. The van der Waals surface area contributed by atoms with E-state index in [-0.39, 0.29) is 5.83 Å². The minimum atomic E-state index is -0.0272. The van der Waals surface area contributed by atoms with E-state index in [4.69, 9.17) is 0 Å². The van der Waals surface area contributed by atoms with Crippen LogP contribution in [-0.4, -0.2) is 0 Å². The summed E-state index contributed by atoms with van der Waals surface area (Å²) in [6.07, 6.45) is 0.780. The molecular weight excluding hydrogens is 163 g/mol. The van der Waals surface area contributed by atoms with Gasteiger partial charge in [-0.2, -0.15) is 0 Å². The van der Waals surface area contributed by atoms with E-state index in [9.17, 15) is 4.39 Å². The first-order chi connectivity index (χ1) is 6.29. The summed E-state index contributed by atoms with van der Waals surface area (Å²) in [5.74, 6) is -0.0272. The van der Waals surface area contributed by atoms with Crippen LogP contribution >= 0.6 is 0 Å². The molecule has 70 valence electrons. The monoisotopic (exact) mass is 178 g/mol. The second kappa shape index (κ2) is 4.22.